The van der Waals surface area contributed by atoms with Gasteiger partial charge in [-0.15, -0.1) is 0 Å². The first kappa shape index (κ1) is 45.5. The molecule has 1 aromatic heterocycles. The van der Waals surface area contributed by atoms with Crippen LogP contribution in [0.1, 0.15) is 65.9 Å². The number of benzene rings is 2. The standard InChI is InChI=1S/C31H42N6O7.C8H9NO2.Na/c1-16(2)12-21-27(40)33-22(13-18-15-32-20-9-6-5-8-19(18)20)28(41)35-23(14-25(38)39)31(44)37-11-7-10-24(37)29(42)36-26(17(3)4)30(43)34-21;1-6(10)9-7-2-4-8(11)5-3-7;/h5-6,8-9,15-17,21-24,26,32H,7,10-14H2,1-4H3,(H,33,40)(H,34,43)(H,35,41)(H,36,42)(H,38,39);2-5,11H,1H3,(H,9,10);/t21-,22+,23+,24-,26+;;/m0../s1. The van der Waals surface area contributed by atoms with Gasteiger partial charge >= 0.3 is 5.97 Å². The summed E-state index contributed by atoms with van der Waals surface area (Å²) in [7, 11) is 0. The van der Waals surface area contributed by atoms with Crippen molar-refractivity contribution in [2.45, 2.75) is 96.9 Å². The number of para-hydroxylation sites is 1. The van der Waals surface area contributed by atoms with Crippen LogP contribution < -0.4 is 26.6 Å². The van der Waals surface area contributed by atoms with E-state index in [4.69, 9.17) is 5.11 Å². The molecule has 2 aliphatic heterocycles. The van der Waals surface area contributed by atoms with Crippen molar-refractivity contribution in [3.05, 3.63) is 60.3 Å². The van der Waals surface area contributed by atoms with Crippen molar-refractivity contribution >= 4 is 87.6 Å². The van der Waals surface area contributed by atoms with E-state index in [2.05, 4.69) is 31.6 Å². The zero-order valence-electron chi connectivity index (χ0n) is 32.7. The molecule has 297 valence electrons. The Labute approximate surface area is 347 Å². The summed E-state index contributed by atoms with van der Waals surface area (Å²) in [6.45, 7) is 8.93. The van der Waals surface area contributed by atoms with Gasteiger partial charge in [0.05, 0.1) is 6.42 Å². The summed E-state index contributed by atoms with van der Waals surface area (Å²) in [5.41, 5.74) is 2.24. The minimum Gasteiger partial charge on any atom is -0.508 e. The van der Waals surface area contributed by atoms with E-state index in [1.165, 1.54) is 24.0 Å². The van der Waals surface area contributed by atoms with E-state index in [0.29, 0.717) is 18.5 Å². The van der Waals surface area contributed by atoms with Crippen LogP contribution in [0, 0.1) is 11.8 Å². The predicted molar refractivity (Wildman–Crippen MR) is 209 cm³/mol. The number of aliphatic carboxylic acids is 1. The topological polar surface area (TPSA) is 239 Å². The monoisotopic (exact) mass is 784 g/mol. The molecular formula is C39H51N7NaO9. The molecule has 6 amide bonds. The first-order valence-corrected chi connectivity index (χ1v) is 18.4. The SMILES string of the molecule is CC(=O)Nc1ccc(O)cc1.CC(C)C[C@@H]1NC(=O)[C@@H](C(C)C)NC(=O)[C@@H]2CCCN2C(=O)[C@@H](CC(=O)O)NC(=O)[C@@H](Cc2c[nH]c3ccccc23)NC1=O.[Na]. The number of phenolic OH excluding ortho intramolecular Hbond substituents is 1. The number of nitrogens with zero attached hydrogens (tertiary/aromatic N) is 1. The van der Waals surface area contributed by atoms with Crippen molar-refractivity contribution in [3.63, 3.8) is 0 Å². The Kier molecular flexibility index (Phi) is 16.9. The molecule has 16 nitrogen and oxygen atoms in total. The van der Waals surface area contributed by atoms with Gasteiger partial charge in [-0.2, -0.15) is 0 Å². The predicted octanol–water partition coefficient (Wildman–Crippen LogP) is 1.80. The van der Waals surface area contributed by atoms with E-state index in [-0.39, 0.29) is 72.4 Å². The van der Waals surface area contributed by atoms with E-state index >= 15 is 0 Å². The zero-order valence-corrected chi connectivity index (χ0v) is 34.7. The number of aromatic hydroxyl groups is 1. The van der Waals surface area contributed by atoms with Gasteiger partial charge in [0.1, 0.15) is 36.0 Å². The minimum absolute atomic E-state index is 0. The maximum atomic E-state index is 13.8. The Morgan fingerprint density at radius 3 is 2.09 bits per heavy atom. The number of carbonyl (C=O) groups is 7. The minimum atomic E-state index is -1.48. The molecule has 0 aliphatic carbocycles. The average molecular weight is 785 g/mol. The number of carbonyl (C=O) groups excluding carboxylic acids is 6. The maximum absolute atomic E-state index is 13.8. The van der Waals surface area contributed by atoms with E-state index in [1.807, 2.05) is 38.1 Å². The van der Waals surface area contributed by atoms with Crippen LogP contribution in [0.2, 0.25) is 0 Å². The average Bonchev–Trinajstić information content (AvgIpc) is 3.77. The Hall–Kier alpha value is -4.93. The van der Waals surface area contributed by atoms with Gasteiger partial charge in [-0.25, -0.2) is 0 Å². The molecule has 0 saturated carbocycles. The molecule has 0 bridgehead atoms. The second-order valence-corrected chi connectivity index (χ2v) is 14.6. The number of hydrogen-bond donors (Lipinski definition) is 8. The first-order valence-electron chi connectivity index (χ1n) is 18.4. The smallest absolute Gasteiger partial charge is 0.305 e. The Bertz CT molecular complexity index is 1880. The van der Waals surface area contributed by atoms with Crippen molar-refractivity contribution in [2.75, 3.05) is 11.9 Å². The molecule has 17 heteroatoms. The zero-order chi connectivity index (χ0) is 40.4. The van der Waals surface area contributed by atoms with Gasteiger partial charge < -0.3 is 46.7 Å². The fraction of sp³-hybridized carbons (Fsp3) is 0.462. The van der Waals surface area contributed by atoms with Gasteiger partial charge in [-0.05, 0) is 67.0 Å². The van der Waals surface area contributed by atoms with Crippen LogP contribution in [-0.2, 0) is 40.0 Å². The number of phenols is 1. The summed E-state index contributed by atoms with van der Waals surface area (Å²) in [4.78, 5) is 95.0. The summed E-state index contributed by atoms with van der Waals surface area (Å²) in [5, 5.41) is 32.8. The van der Waals surface area contributed by atoms with Crippen molar-refractivity contribution in [1.29, 1.82) is 0 Å². The quantitative estimate of drug-likeness (QED) is 0.123. The van der Waals surface area contributed by atoms with Crippen molar-refractivity contribution in [2.24, 2.45) is 11.8 Å². The number of aromatic amines is 1. The van der Waals surface area contributed by atoms with E-state index in [9.17, 15) is 38.7 Å². The summed E-state index contributed by atoms with van der Waals surface area (Å²) in [6.07, 6.45) is 2.11. The van der Waals surface area contributed by atoms with Gasteiger partial charge in [-0.3, -0.25) is 33.6 Å². The molecular weight excluding hydrogens is 733 g/mol. The summed E-state index contributed by atoms with van der Waals surface area (Å²) in [6, 6.07) is 8.10. The molecule has 3 heterocycles. The normalized spacial score (nSPS) is 21.9. The summed E-state index contributed by atoms with van der Waals surface area (Å²) in [5.74, 6) is -4.78. The van der Waals surface area contributed by atoms with Crippen LogP contribution in [0.15, 0.2) is 54.7 Å². The summed E-state index contributed by atoms with van der Waals surface area (Å²) < 4.78 is 0. The third-order valence-corrected chi connectivity index (χ3v) is 9.34. The second kappa shape index (κ2) is 20.8. The Morgan fingerprint density at radius 2 is 1.46 bits per heavy atom. The Morgan fingerprint density at radius 1 is 0.839 bits per heavy atom. The molecule has 2 fully saturated rings. The number of carboxylic acid groups (broad SMARTS) is 1. The summed E-state index contributed by atoms with van der Waals surface area (Å²) >= 11 is 0. The molecule has 0 unspecified atom stereocenters. The third kappa shape index (κ3) is 12.5. The Balaban J connectivity index is 0.000000603. The molecule has 8 N–H and O–H groups in total. The number of fused-ring (bicyclic) bond motifs is 2. The largest absolute Gasteiger partial charge is 0.508 e. The number of nitrogens with one attached hydrogen (secondary N) is 6. The number of anilines is 1. The molecule has 5 rings (SSSR count). The van der Waals surface area contributed by atoms with Crippen molar-refractivity contribution < 1.29 is 43.8 Å². The van der Waals surface area contributed by atoms with Gasteiger partial charge in [0.2, 0.25) is 35.4 Å². The van der Waals surface area contributed by atoms with Crippen LogP contribution in [0.4, 0.5) is 5.69 Å². The fourth-order valence-corrected chi connectivity index (χ4v) is 6.65. The number of amides is 6. The number of aromatic nitrogens is 1. The molecule has 1 radical (unpaired) electrons. The van der Waals surface area contributed by atoms with Crippen LogP contribution in [0.3, 0.4) is 0 Å². The number of carboxylic acids is 1. The fourth-order valence-electron chi connectivity index (χ4n) is 6.65. The van der Waals surface area contributed by atoms with Gasteiger partial charge in [0, 0.05) is 72.2 Å². The van der Waals surface area contributed by atoms with Crippen molar-refractivity contribution in [3.8, 4) is 5.75 Å². The molecule has 0 spiro atoms. The molecule has 3 aromatic rings. The van der Waals surface area contributed by atoms with Gasteiger partial charge in [0.25, 0.3) is 0 Å². The number of hydrogen-bond acceptors (Lipinski definition) is 8. The van der Waals surface area contributed by atoms with Crippen LogP contribution >= 0.6 is 0 Å². The van der Waals surface area contributed by atoms with E-state index < -0.39 is 72.1 Å². The third-order valence-electron chi connectivity index (χ3n) is 9.34. The van der Waals surface area contributed by atoms with E-state index in [1.54, 1.807) is 32.2 Å². The molecule has 56 heavy (non-hydrogen) atoms. The van der Waals surface area contributed by atoms with Crippen LogP contribution in [-0.4, -0.2) is 128 Å². The molecule has 2 saturated heterocycles. The van der Waals surface area contributed by atoms with Crippen molar-refractivity contribution in [1.82, 2.24) is 31.2 Å². The van der Waals surface area contributed by atoms with Crippen LogP contribution in [0.25, 0.3) is 10.9 Å². The maximum Gasteiger partial charge on any atom is 0.305 e. The first-order chi connectivity index (χ1) is 26.0. The second-order valence-electron chi connectivity index (χ2n) is 14.6. The molecule has 2 aliphatic rings. The van der Waals surface area contributed by atoms with E-state index in [0.717, 1.165) is 16.5 Å². The number of H-pyrrole nitrogens is 1. The molecule has 2 aromatic carbocycles. The molecule has 5 atom stereocenters. The van der Waals surface area contributed by atoms with Gasteiger partial charge in [0.15, 0.2) is 0 Å². The number of rotatable bonds is 8. The van der Waals surface area contributed by atoms with Crippen LogP contribution in [0.5, 0.6) is 5.75 Å². The van der Waals surface area contributed by atoms with Gasteiger partial charge in [-0.1, -0.05) is 45.9 Å².